The molecule has 2 aliphatic rings. The first kappa shape index (κ1) is 17.7. The molecular weight excluding hydrogens is 294 g/mol. The van der Waals surface area contributed by atoms with Crippen molar-refractivity contribution in [2.45, 2.75) is 31.8 Å². The SMILES string of the molecule is CN(CC1CCCNC1)C1CCN(Cc2ccccc2)C1.Cl. The second-order valence-corrected chi connectivity index (χ2v) is 6.82. The lowest BCUT2D eigenvalue weighted by atomic mass is 9.98. The summed E-state index contributed by atoms with van der Waals surface area (Å²) in [5.74, 6) is 0.854. The van der Waals surface area contributed by atoms with E-state index < -0.39 is 0 Å². The monoisotopic (exact) mass is 323 g/mol. The van der Waals surface area contributed by atoms with Gasteiger partial charge in [0, 0.05) is 32.2 Å². The molecule has 1 N–H and O–H groups in total. The summed E-state index contributed by atoms with van der Waals surface area (Å²) in [6.07, 6.45) is 4.07. The molecule has 4 heteroatoms. The minimum Gasteiger partial charge on any atom is -0.316 e. The summed E-state index contributed by atoms with van der Waals surface area (Å²) in [6, 6.07) is 11.6. The second kappa shape index (κ2) is 8.88. The van der Waals surface area contributed by atoms with Crippen LogP contribution in [0, 0.1) is 5.92 Å². The molecule has 2 heterocycles. The van der Waals surface area contributed by atoms with Crippen LogP contribution < -0.4 is 5.32 Å². The van der Waals surface area contributed by atoms with Gasteiger partial charge in [-0.25, -0.2) is 0 Å². The summed E-state index contributed by atoms with van der Waals surface area (Å²) in [4.78, 5) is 5.22. The fraction of sp³-hybridized carbons (Fsp3) is 0.667. The van der Waals surface area contributed by atoms with Crippen LogP contribution in [-0.2, 0) is 6.54 Å². The Labute approximate surface area is 141 Å². The highest BCUT2D eigenvalue weighted by atomic mass is 35.5. The van der Waals surface area contributed by atoms with Gasteiger partial charge in [-0.3, -0.25) is 4.90 Å². The first-order valence-corrected chi connectivity index (χ1v) is 8.48. The molecule has 2 saturated heterocycles. The smallest absolute Gasteiger partial charge is 0.0234 e. The Bertz CT molecular complexity index is 420. The molecule has 0 amide bonds. The Kier molecular flexibility index (Phi) is 7.16. The van der Waals surface area contributed by atoms with Gasteiger partial charge < -0.3 is 10.2 Å². The van der Waals surface area contributed by atoms with E-state index in [1.165, 1.54) is 57.5 Å². The molecule has 2 unspecified atom stereocenters. The lowest BCUT2D eigenvalue weighted by Gasteiger charge is -2.31. The van der Waals surface area contributed by atoms with Crippen molar-refractivity contribution in [1.29, 1.82) is 0 Å². The molecule has 0 aromatic heterocycles. The van der Waals surface area contributed by atoms with Crippen molar-refractivity contribution in [3.05, 3.63) is 35.9 Å². The van der Waals surface area contributed by atoms with Crippen molar-refractivity contribution in [3.63, 3.8) is 0 Å². The van der Waals surface area contributed by atoms with Crippen LogP contribution in [0.25, 0.3) is 0 Å². The number of likely N-dealkylation sites (tertiary alicyclic amines) is 1. The molecule has 3 nitrogen and oxygen atoms in total. The minimum atomic E-state index is 0. The van der Waals surface area contributed by atoms with E-state index in [1.54, 1.807) is 0 Å². The van der Waals surface area contributed by atoms with E-state index in [0.29, 0.717) is 0 Å². The molecule has 22 heavy (non-hydrogen) atoms. The summed E-state index contributed by atoms with van der Waals surface area (Å²) in [7, 11) is 2.32. The van der Waals surface area contributed by atoms with Gasteiger partial charge in [-0.1, -0.05) is 30.3 Å². The fourth-order valence-electron chi connectivity index (χ4n) is 3.79. The van der Waals surface area contributed by atoms with Crippen LogP contribution >= 0.6 is 12.4 Å². The van der Waals surface area contributed by atoms with Crippen molar-refractivity contribution in [2.24, 2.45) is 5.92 Å². The summed E-state index contributed by atoms with van der Waals surface area (Å²) < 4.78 is 0. The zero-order valence-electron chi connectivity index (χ0n) is 13.7. The van der Waals surface area contributed by atoms with Crippen LogP contribution in [-0.4, -0.2) is 55.6 Å². The molecule has 0 bridgehead atoms. The number of hydrogen-bond acceptors (Lipinski definition) is 3. The van der Waals surface area contributed by atoms with Gasteiger partial charge >= 0.3 is 0 Å². The van der Waals surface area contributed by atoms with Gasteiger partial charge in [-0.15, -0.1) is 12.4 Å². The first-order chi connectivity index (χ1) is 10.3. The quantitative estimate of drug-likeness (QED) is 0.898. The van der Waals surface area contributed by atoms with Gasteiger partial charge in [0.05, 0.1) is 0 Å². The molecule has 3 rings (SSSR count). The number of piperidine rings is 1. The topological polar surface area (TPSA) is 18.5 Å². The van der Waals surface area contributed by atoms with E-state index in [1.807, 2.05) is 0 Å². The van der Waals surface area contributed by atoms with Gasteiger partial charge in [0.25, 0.3) is 0 Å². The summed E-state index contributed by atoms with van der Waals surface area (Å²) in [6.45, 7) is 7.27. The molecule has 0 radical (unpaired) electrons. The molecule has 1 aromatic carbocycles. The maximum Gasteiger partial charge on any atom is 0.0234 e. The average molecular weight is 324 g/mol. The zero-order chi connectivity index (χ0) is 14.5. The third kappa shape index (κ3) is 4.95. The predicted molar refractivity (Wildman–Crippen MR) is 95.6 cm³/mol. The third-order valence-electron chi connectivity index (χ3n) is 5.06. The molecule has 0 spiro atoms. The van der Waals surface area contributed by atoms with Crippen LogP contribution in [0.1, 0.15) is 24.8 Å². The van der Waals surface area contributed by atoms with E-state index in [4.69, 9.17) is 0 Å². The minimum absolute atomic E-state index is 0. The Morgan fingerprint density at radius 3 is 2.77 bits per heavy atom. The van der Waals surface area contributed by atoms with Crippen molar-refractivity contribution in [3.8, 4) is 0 Å². The molecule has 2 aliphatic heterocycles. The molecule has 0 aliphatic carbocycles. The molecule has 2 fully saturated rings. The number of nitrogens with one attached hydrogen (secondary N) is 1. The van der Waals surface area contributed by atoms with Gasteiger partial charge in [0.2, 0.25) is 0 Å². The molecule has 124 valence electrons. The third-order valence-corrected chi connectivity index (χ3v) is 5.06. The van der Waals surface area contributed by atoms with E-state index >= 15 is 0 Å². The summed E-state index contributed by atoms with van der Waals surface area (Å²) in [5.41, 5.74) is 1.44. The fourth-order valence-corrected chi connectivity index (χ4v) is 3.79. The Morgan fingerprint density at radius 2 is 2.05 bits per heavy atom. The van der Waals surface area contributed by atoms with Crippen LogP contribution in [0.15, 0.2) is 30.3 Å². The predicted octanol–water partition coefficient (Wildman–Crippen LogP) is 2.61. The van der Waals surface area contributed by atoms with Crippen molar-refractivity contribution < 1.29 is 0 Å². The van der Waals surface area contributed by atoms with Gasteiger partial charge in [0.1, 0.15) is 0 Å². The highest BCUT2D eigenvalue weighted by molar-refractivity contribution is 5.85. The number of benzene rings is 1. The number of nitrogens with zero attached hydrogens (tertiary/aromatic N) is 2. The number of likely N-dealkylation sites (N-methyl/N-ethyl adjacent to an activating group) is 1. The van der Waals surface area contributed by atoms with Crippen LogP contribution in [0.5, 0.6) is 0 Å². The number of halogens is 1. The molecule has 1 aromatic rings. The van der Waals surface area contributed by atoms with Gasteiger partial charge in [-0.2, -0.15) is 0 Å². The Balaban J connectivity index is 0.00000176. The van der Waals surface area contributed by atoms with Crippen molar-refractivity contribution >= 4 is 12.4 Å². The Hall–Kier alpha value is -0.610. The van der Waals surface area contributed by atoms with E-state index in [0.717, 1.165) is 18.5 Å². The summed E-state index contributed by atoms with van der Waals surface area (Å²) >= 11 is 0. The average Bonchev–Trinajstić information content (AvgIpc) is 2.98. The second-order valence-electron chi connectivity index (χ2n) is 6.82. The maximum atomic E-state index is 3.54. The normalized spacial score (nSPS) is 26.1. The standard InChI is InChI=1S/C18H29N3.ClH/c1-20(13-17-8-5-10-19-12-17)18-9-11-21(15-18)14-16-6-3-2-4-7-16;/h2-4,6-7,17-19H,5,8-15H2,1H3;1H. The van der Waals surface area contributed by atoms with E-state index in [2.05, 4.69) is 52.5 Å². The van der Waals surface area contributed by atoms with E-state index in [-0.39, 0.29) is 12.4 Å². The van der Waals surface area contributed by atoms with Crippen molar-refractivity contribution in [1.82, 2.24) is 15.1 Å². The highest BCUT2D eigenvalue weighted by Crippen LogP contribution is 2.19. The lowest BCUT2D eigenvalue weighted by molar-refractivity contribution is 0.184. The van der Waals surface area contributed by atoms with Gasteiger partial charge in [0.15, 0.2) is 0 Å². The van der Waals surface area contributed by atoms with Crippen LogP contribution in [0.4, 0.5) is 0 Å². The lowest BCUT2D eigenvalue weighted by Crippen LogP contribution is -2.42. The maximum absolute atomic E-state index is 3.54. The van der Waals surface area contributed by atoms with Crippen LogP contribution in [0.2, 0.25) is 0 Å². The first-order valence-electron chi connectivity index (χ1n) is 8.48. The summed E-state index contributed by atoms with van der Waals surface area (Å²) in [5, 5.41) is 3.54. The van der Waals surface area contributed by atoms with Gasteiger partial charge in [-0.05, 0) is 50.9 Å². The zero-order valence-corrected chi connectivity index (χ0v) is 14.5. The molecule has 2 atom stereocenters. The highest BCUT2D eigenvalue weighted by Gasteiger charge is 2.27. The van der Waals surface area contributed by atoms with Crippen LogP contribution in [0.3, 0.4) is 0 Å². The molecular formula is C18H30ClN3. The Morgan fingerprint density at radius 1 is 1.23 bits per heavy atom. The molecule has 0 saturated carbocycles. The number of rotatable bonds is 5. The largest absolute Gasteiger partial charge is 0.316 e. The van der Waals surface area contributed by atoms with E-state index in [9.17, 15) is 0 Å². The number of hydrogen-bond donors (Lipinski definition) is 1. The van der Waals surface area contributed by atoms with Crippen molar-refractivity contribution in [2.75, 3.05) is 39.8 Å².